The summed E-state index contributed by atoms with van der Waals surface area (Å²) in [4.78, 5) is 23.0. The second kappa shape index (κ2) is 20.7. The molecule has 11 heteroatoms. The number of nitrogens with zero attached hydrogens (tertiary/aromatic N) is 3. The number of unbranched alkanes of at least 4 members (excludes halogenated alkanes) is 2. The van der Waals surface area contributed by atoms with Gasteiger partial charge >= 0.3 is 0 Å². The van der Waals surface area contributed by atoms with E-state index in [9.17, 15) is 19.9 Å². The number of ether oxygens (including phenoxy) is 3. The summed E-state index contributed by atoms with van der Waals surface area (Å²) in [5, 5.41) is 36.4. The van der Waals surface area contributed by atoms with Crippen LogP contribution in [0.2, 0.25) is 0 Å². The highest BCUT2D eigenvalue weighted by Crippen LogP contribution is 2.62. The summed E-state index contributed by atoms with van der Waals surface area (Å²) in [6.45, 7) is 4.51. The number of carbonyl (C=O) groups excluding carboxylic acids is 1. The van der Waals surface area contributed by atoms with Gasteiger partial charge in [-0.2, -0.15) is 5.26 Å². The first-order valence-corrected chi connectivity index (χ1v) is 22.6. The monoisotopic (exact) mass is 877 g/mol. The third-order valence-electron chi connectivity index (χ3n) is 13.3. The van der Waals surface area contributed by atoms with E-state index < -0.39 is 17.7 Å². The predicted molar refractivity (Wildman–Crippen MR) is 248 cm³/mol. The minimum atomic E-state index is -1.50. The molecule has 10 nitrogen and oxygen atoms in total. The minimum Gasteiger partial charge on any atom is -0.489 e. The molecular formula is C54H56FN3O7. The minimum absolute atomic E-state index is 0.00606. The molecule has 0 bridgehead atoms. The zero-order valence-corrected chi connectivity index (χ0v) is 36.8. The van der Waals surface area contributed by atoms with Gasteiger partial charge in [0.05, 0.1) is 29.9 Å². The Bertz CT molecular complexity index is 2580. The van der Waals surface area contributed by atoms with Gasteiger partial charge in [0.1, 0.15) is 37.1 Å². The zero-order valence-electron chi connectivity index (χ0n) is 36.8. The van der Waals surface area contributed by atoms with E-state index in [1.54, 1.807) is 48.5 Å². The van der Waals surface area contributed by atoms with Crippen LogP contribution in [0, 0.1) is 34.9 Å². The van der Waals surface area contributed by atoms with Gasteiger partial charge in [-0.1, -0.05) is 90.8 Å². The van der Waals surface area contributed by atoms with Crippen molar-refractivity contribution in [1.82, 2.24) is 4.90 Å². The maximum atomic E-state index is 15.5. The van der Waals surface area contributed by atoms with Crippen LogP contribution >= 0.6 is 0 Å². The number of amides is 1. The average molecular weight is 878 g/mol. The topological polar surface area (TPSA) is 134 Å². The zero-order chi connectivity index (χ0) is 45.3. The second-order valence-corrected chi connectivity index (χ2v) is 17.1. The summed E-state index contributed by atoms with van der Waals surface area (Å²) < 4.78 is 35.8. The number of aliphatic hydroxyl groups excluding tert-OH is 2. The van der Waals surface area contributed by atoms with E-state index >= 15 is 4.79 Å². The Morgan fingerprint density at radius 1 is 0.954 bits per heavy atom. The standard InChI is InChI=1S/C54H56FN3O7/c1-3-29-64-54-50(58(53(61)38-23-21-36(33-56)22-24-38)34-40-17-12-16-37-13-4-6-18-43(37)40)32-48(57-62-2)45-30-39(14-8-10-27-59)44(19-9-11-28-60)51(52(45)54)46-31-42(25-26-49(46)65-54)63-35-41-15-5-7-20-47(41)55/h3-7,12-13,15-18,20-26,30-31,39,44,50-52,59-60H,1,8-11,14,19,27-29,32,34-35H2,2H3/t39-,44+,50-,51+,52+,54+/m0/s1. The lowest BCUT2D eigenvalue weighted by atomic mass is 9.55. The number of halogens is 1. The van der Waals surface area contributed by atoms with Gasteiger partial charge in [-0.05, 0) is 108 Å². The molecule has 6 atom stereocenters. The van der Waals surface area contributed by atoms with Gasteiger partial charge in [-0.25, -0.2) is 4.39 Å². The van der Waals surface area contributed by atoms with E-state index in [0.717, 1.165) is 53.2 Å². The molecule has 5 aromatic rings. The number of fused-ring (bicyclic) bond motifs is 3. The van der Waals surface area contributed by atoms with Crippen LogP contribution in [0.15, 0.2) is 139 Å². The van der Waals surface area contributed by atoms with Crippen molar-refractivity contribution in [2.45, 2.75) is 75.8 Å². The molecule has 0 saturated heterocycles. The number of oxime groups is 1. The first-order valence-electron chi connectivity index (χ1n) is 22.6. The quantitative estimate of drug-likeness (QED) is 0.0476. The number of hydrogen-bond donors (Lipinski definition) is 2. The molecule has 336 valence electrons. The van der Waals surface area contributed by atoms with E-state index in [1.807, 2.05) is 47.4 Å². The molecule has 1 amide bonds. The molecule has 0 aromatic heterocycles. The van der Waals surface area contributed by atoms with Crippen molar-refractivity contribution >= 4 is 22.4 Å². The van der Waals surface area contributed by atoms with E-state index in [1.165, 1.54) is 13.2 Å². The smallest absolute Gasteiger partial charge is 0.254 e. The van der Waals surface area contributed by atoms with Crippen molar-refractivity contribution in [3.05, 3.63) is 167 Å². The molecule has 65 heavy (non-hydrogen) atoms. The van der Waals surface area contributed by atoms with Crippen molar-refractivity contribution in [3.63, 3.8) is 0 Å². The second-order valence-electron chi connectivity index (χ2n) is 17.1. The number of carbonyl (C=O) groups is 1. The van der Waals surface area contributed by atoms with Gasteiger partial charge in [-0.3, -0.25) is 4.79 Å². The number of aliphatic hydroxyl groups is 2. The summed E-state index contributed by atoms with van der Waals surface area (Å²) >= 11 is 0. The van der Waals surface area contributed by atoms with Crippen LogP contribution in [-0.4, -0.2) is 65.5 Å². The Hall–Kier alpha value is -6.32. The summed E-state index contributed by atoms with van der Waals surface area (Å²) in [7, 11) is 1.52. The largest absolute Gasteiger partial charge is 0.489 e. The predicted octanol–water partition coefficient (Wildman–Crippen LogP) is 10.0. The lowest BCUT2D eigenvalue weighted by molar-refractivity contribution is -0.255. The first-order chi connectivity index (χ1) is 31.8. The summed E-state index contributed by atoms with van der Waals surface area (Å²) in [5.74, 6) is -1.81. The Morgan fingerprint density at radius 2 is 1.69 bits per heavy atom. The highest BCUT2D eigenvalue weighted by Gasteiger charge is 2.65. The van der Waals surface area contributed by atoms with Crippen LogP contribution in [0.1, 0.15) is 83.5 Å². The van der Waals surface area contributed by atoms with Crippen LogP contribution < -0.4 is 9.47 Å². The van der Waals surface area contributed by atoms with E-state index in [-0.39, 0.29) is 68.9 Å². The molecule has 1 heterocycles. The molecule has 5 aromatic carbocycles. The number of rotatable bonds is 19. The van der Waals surface area contributed by atoms with E-state index in [2.05, 4.69) is 36.9 Å². The lowest BCUT2D eigenvalue weighted by Crippen LogP contribution is -2.70. The molecule has 2 aliphatic carbocycles. The molecule has 8 rings (SSSR count). The van der Waals surface area contributed by atoms with Crippen molar-refractivity contribution in [2.24, 2.45) is 22.9 Å². The highest BCUT2D eigenvalue weighted by molar-refractivity contribution is 6.03. The Kier molecular flexibility index (Phi) is 14.4. The van der Waals surface area contributed by atoms with E-state index in [0.29, 0.717) is 46.7 Å². The highest BCUT2D eigenvalue weighted by atomic mass is 19.1. The SMILES string of the molecule is C=CCO[C@@]12Oc3ccc(OCc4ccccc4F)cc3[C@H]3[C@H](CCCCO)[C@@H](CCCCO)C=C(C(=NOC)C[C@@H]1N(Cc1cccc4ccccc14)C(=O)c1ccc(C#N)cc1)[C@H]32. The Balaban J connectivity index is 1.35. The summed E-state index contributed by atoms with van der Waals surface area (Å²) in [6, 6.07) is 34.5. The van der Waals surface area contributed by atoms with Crippen molar-refractivity contribution in [3.8, 4) is 17.6 Å². The molecule has 1 fully saturated rings. The lowest BCUT2D eigenvalue weighted by Gasteiger charge is -2.60. The molecule has 2 N–H and O–H groups in total. The number of hydrogen-bond acceptors (Lipinski definition) is 9. The van der Waals surface area contributed by atoms with Crippen molar-refractivity contribution < 1.29 is 38.4 Å². The average Bonchev–Trinajstić information content (AvgIpc) is 3.33. The van der Waals surface area contributed by atoms with Crippen LogP contribution in [-0.2, 0) is 22.7 Å². The molecule has 0 unspecified atom stereocenters. The maximum Gasteiger partial charge on any atom is 0.254 e. The van der Waals surface area contributed by atoms with Crippen molar-refractivity contribution in [1.29, 1.82) is 5.26 Å². The molecule has 0 radical (unpaired) electrons. The third kappa shape index (κ3) is 9.30. The van der Waals surface area contributed by atoms with Gasteiger partial charge in [0.25, 0.3) is 5.91 Å². The van der Waals surface area contributed by atoms with Crippen LogP contribution in [0.4, 0.5) is 4.39 Å². The van der Waals surface area contributed by atoms with Gasteiger partial charge in [0.15, 0.2) is 0 Å². The normalized spacial score (nSPS) is 22.5. The molecule has 3 aliphatic rings. The molecular weight excluding hydrogens is 822 g/mol. The maximum absolute atomic E-state index is 15.5. The van der Waals surface area contributed by atoms with Crippen LogP contribution in [0.3, 0.4) is 0 Å². The van der Waals surface area contributed by atoms with E-state index in [4.69, 9.17) is 24.2 Å². The van der Waals surface area contributed by atoms with Crippen LogP contribution in [0.5, 0.6) is 11.5 Å². The van der Waals surface area contributed by atoms with Crippen molar-refractivity contribution in [2.75, 3.05) is 26.9 Å². The fraction of sp³-hybridized carbons (Fsp3) is 0.352. The molecule has 1 aliphatic heterocycles. The number of benzene rings is 5. The number of nitriles is 1. The summed E-state index contributed by atoms with van der Waals surface area (Å²) in [6.07, 6.45) is 8.59. The Morgan fingerprint density at radius 3 is 2.45 bits per heavy atom. The Labute approximate surface area is 380 Å². The van der Waals surface area contributed by atoms with Crippen LogP contribution in [0.25, 0.3) is 10.8 Å². The van der Waals surface area contributed by atoms with Gasteiger partial charge in [0.2, 0.25) is 5.79 Å². The van der Waals surface area contributed by atoms with Gasteiger partial charge in [0, 0.05) is 48.8 Å². The molecule has 1 saturated carbocycles. The fourth-order valence-electron chi connectivity index (χ4n) is 10.4. The van der Waals surface area contributed by atoms with Gasteiger partial charge < -0.3 is 34.2 Å². The first kappa shape index (κ1) is 45.3. The fourth-order valence-corrected chi connectivity index (χ4v) is 10.4. The number of allylic oxidation sites excluding steroid dienone is 1. The molecule has 0 spiro atoms. The third-order valence-corrected chi connectivity index (χ3v) is 13.3. The summed E-state index contributed by atoms with van der Waals surface area (Å²) in [5.41, 5.74) is 4.65. The van der Waals surface area contributed by atoms with Gasteiger partial charge in [-0.15, -0.1) is 6.58 Å².